The van der Waals surface area contributed by atoms with Crippen LogP contribution in [0.4, 0.5) is 0 Å². The lowest BCUT2D eigenvalue weighted by molar-refractivity contribution is -0.118. The Morgan fingerprint density at radius 2 is 1.87 bits per heavy atom. The summed E-state index contributed by atoms with van der Waals surface area (Å²) in [7, 11) is 0. The van der Waals surface area contributed by atoms with E-state index in [9.17, 15) is 4.79 Å². The average Bonchev–Trinajstić information content (AvgIpc) is 3.40. The first-order chi connectivity index (χ1) is 15.1. The van der Waals surface area contributed by atoms with Gasteiger partial charge < -0.3 is 0 Å². The molecule has 0 radical (unpaired) electrons. The number of rotatable bonds is 7. The number of hydrogen-bond acceptors (Lipinski definition) is 6. The largest absolute Gasteiger partial charge is 0.272 e. The molecule has 0 aliphatic rings. The number of carbonyl (C=O) groups is 1. The van der Waals surface area contributed by atoms with Crippen molar-refractivity contribution in [1.82, 2.24) is 20.2 Å². The summed E-state index contributed by atoms with van der Waals surface area (Å²) in [6, 6.07) is 20.1. The number of carbonyl (C=O) groups excluding carboxylic acids is 1. The minimum atomic E-state index is -0.199. The van der Waals surface area contributed by atoms with Gasteiger partial charge in [-0.15, -0.1) is 21.5 Å². The fourth-order valence-electron chi connectivity index (χ4n) is 2.91. The normalized spacial score (nSPS) is 11.2. The van der Waals surface area contributed by atoms with Gasteiger partial charge >= 0.3 is 0 Å². The van der Waals surface area contributed by atoms with Gasteiger partial charge in [0.05, 0.1) is 12.0 Å². The molecule has 0 aliphatic heterocycles. The second-order valence-electron chi connectivity index (χ2n) is 6.89. The van der Waals surface area contributed by atoms with Crippen LogP contribution in [-0.4, -0.2) is 32.6 Å². The van der Waals surface area contributed by atoms with Crippen molar-refractivity contribution in [2.24, 2.45) is 5.10 Å². The van der Waals surface area contributed by atoms with Crippen molar-refractivity contribution in [1.29, 1.82) is 0 Å². The van der Waals surface area contributed by atoms with Crippen molar-refractivity contribution < 1.29 is 4.79 Å². The Bertz CT molecular complexity index is 1200. The van der Waals surface area contributed by atoms with Crippen LogP contribution in [0.1, 0.15) is 16.0 Å². The minimum absolute atomic E-state index is 0.180. The lowest BCUT2D eigenvalue weighted by Crippen LogP contribution is -2.20. The summed E-state index contributed by atoms with van der Waals surface area (Å²) in [4.78, 5) is 13.3. The Hall–Kier alpha value is -3.23. The van der Waals surface area contributed by atoms with Crippen molar-refractivity contribution in [3.63, 3.8) is 0 Å². The van der Waals surface area contributed by atoms with Gasteiger partial charge in [-0.1, -0.05) is 59.8 Å². The quantitative estimate of drug-likeness (QED) is 0.250. The first-order valence-corrected chi connectivity index (χ1v) is 11.5. The molecule has 0 saturated carbocycles. The molecule has 1 amide bonds. The van der Waals surface area contributed by atoms with Gasteiger partial charge in [-0.2, -0.15) is 5.10 Å². The lowest BCUT2D eigenvalue weighted by atomic mass is 10.2. The topological polar surface area (TPSA) is 72.2 Å². The van der Waals surface area contributed by atoms with E-state index in [1.54, 1.807) is 17.6 Å². The molecule has 0 atom stereocenters. The molecule has 4 aromatic rings. The van der Waals surface area contributed by atoms with Crippen LogP contribution in [0.5, 0.6) is 0 Å². The molecule has 0 unspecified atom stereocenters. The SMILES string of the molecule is Cc1ccc(-n2c(SCC(=O)NN=Cc3sccc3C)nnc2-c2ccccc2)cc1. The van der Waals surface area contributed by atoms with Crippen LogP contribution in [-0.2, 0) is 4.79 Å². The Labute approximate surface area is 189 Å². The first-order valence-electron chi connectivity index (χ1n) is 9.68. The highest BCUT2D eigenvalue weighted by atomic mass is 32.2. The van der Waals surface area contributed by atoms with Gasteiger partial charge in [-0.25, -0.2) is 5.43 Å². The number of amides is 1. The Balaban J connectivity index is 1.52. The van der Waals surface area contributed by atoms with Crippen molar-refractivity contribution in [3.05, 3.63) is 82.0 Å². The zero-order valence-corrected chi connectivity index (χ0v) is 18.8. The summed E-state index contributed by atoms with van der Waals surface area (Å²) in [6.45, 7) is 4.06. The maximum Gasteiger partial charge on any atom is 0.250 e. The second-order valence-corrected chi connectivity index (χ2v) is 8.78. The summed E-state index contributed by atoms with van der Waals surface area (Å²) in [6.07, 6.45) is 1.67. The van der Waals surface area contributed by atoms with E-state index in [2.05, 4.69) is 20.7 Å². The van der Waals surface area contributed by atoms with Crippen molar-refractivity contribution >= 4 is 35.2 Å². The van der Waals surface area contributed by atoms with Crippen molar-refractivity contribution in [3.8, 4) is 17.1 Å². The number of hydrazone groups is 1. The van der Waals surface area contributed by atoms with Crippen LogP contribution in [0.25, 0.3) is 17.1 Å². The zero-order chi connectivity index (χ0) is 21.6. The van der Waals surface area contributed by atoms with Gasteiger partial charge in [0.2, 0.25) is 0 Å². The van der Waals surface area contributed by atoms with E-state index in [0.717, 1.165) is 27.5 Å². The predicted molar refractivity (Wildman–Crippen MR) is 127 cm³/mol. The van der Waals surface area contributed by atoms with E-state index in [-0.39, 0.29) is 11.7 Å². The molecule has 31 heavy (non-hydrogen) atoms. The predicted octanol–water partition coefficient (Wildman–Crippen LogP) is 4.86. The Morgan fingerprint density at radius 1 is 1.10 bits per heavy atom. The molecule has 6 nitrogen and oxygen atoms in total. The summed E-state index contributed by atoms with van der Waals surface area (Å²) in [5.74, 6) is 0.716. The maximum absolute atomic E-state index is 12.3. The smallest absolute Gasteiger partial charge is 0.250 e. The number of aromatic nitrogens is 3. The number of nitrogens with zero attached hydrogens (tertiary/aromatic N) is 4. The monoisotopic (exact) mass is 447 g/mol. The zero-order valence-electron chi connectivity index (χ0n) is 17.1. The number of thiophene rings is 1. The van der Waals surface area contributed by atoms with Crippen LogP contribution in [0, 0.1) is 13.8 Å². The molecule has 4 rings (SSSR count). The average molecular weight is 448 g/mol. The Morgan fingerprint density at radius 3 is 2.58 bits per heavy atom. The van der Waals surface area contributed by atoms with Crippen molar-refractivity contribution in [2.45, 2.75) is 19.0 Å². The van der Waals surface area contributed by atoms with E-state index in [4.69, 9.17) is 0 Å². The first kappa shape index (κ1) is 21.0. The molecule has 1 N–H and O–H groups in total. The molecule has 0 fully saturated rings. The molecule has 0 spiro atoms. The molecular weight excluding hydrogens is 426 g/mol. The van der Waals surface area contributed by atoms with Crippen LogP contribution < -0.4 is 5.43 Å². The molecule has 8 heteroatoms. The van der Waals surface area contributed by atoms with Crippen LogP contribution in [0.3, 0.4) is 0 Å². The van der Waals surface area contributed by atoms with Crippen LogP contribution >= 0.6 is 23.1 Å². The van der Waals surface area contributed by atoms with Gasteiger partial charge in [0.1, 0.15) is 0 Å². The standard InChI is InChI=1S/C23H21N5OS2/c1-16-8-10-19(11-9-16)28-22(18-6-4-3-5-7-18)26-27-23(28)31-15-21(29)25-24-14-20-17(2)12-13-30-20/h3-14H,15H2,1-2H3,(H,25,29). The number of thioether (sulfide) groups is 1. The van der Waals surface area contributed by atoms with E-state index in [1.165, 1.54) is 17.3 Å². The highest BCUT2D eigenvalue weighted by Gasteiger charge is 2.17. The van der Waals surface area contributed by atoms with E-state index >= 15 is 0 Å². The van der Waals surface area contributed by atoms with E-state index in [1.807, 2.05) is 84.5 Å². The third kappa shape index (κ3) is 5.10. The van der Waals surface area contributed by atoms with Gasteiger partial charge in [-0.05, 0) is 43.0 Å². The van der Waals surface area contributed by atoms with Crippen molar-refractivity contribution in [2.75, 3.05) is 5.75 Å². The number of aryl methyl sites for hydroxylation is 2. The fourth-order valence-corrected chi connectivity index (χ4v) is 4.44. The van der Waals surface area contributed by atoms with E-state index < -0.39 is 0 Å². The number of hydrogen-bond donors (Lipinski definition) is 1. The van der Waals surface area contributed by atoms with Gasteiger partial charge in [0, 0.05) is 16.1 Å². The third-order valence-corrected chi connectivity index (χ3v) is 6.45. The fraction of sp³-hybridized carbons (Fsp3) is 0.130. The molecule has 156 valence electrons. The number of nitrogens with one attached hydrogen (secondary N) is 1. The number of benzene rings is 2. The molecule has 0 bridgehead atoms. The lowest BCUT2D eigenvalue weighted by Gasteiger charge is -2.10. The molecule has 2 aromatic heterocycles. The Kier molecular flexibility index (Phi) is 6.59. The minimum Gasteiger partial charge on any atom is -0.272 e. The summed E-state index contributed by atoms with van der Waals surface area (Å²) >= 11 is 2.91. The highest BCUT2D eigenvalue weighted by Crippen LogP contribution is 2.28. The van der Waals surface area contributed by atoms with Gasteiger partial charge in [0.15, 0.2) is 11.0 Å². The van der Waals surface area contributed by atoms with Crippen LogP contribution in [0.2, 0.25) is 0 Å². The molecule has 2 heterocycles. The summed E-state index contributed by atoms with van der Waals surface area (Å²) in [5, 5.41) is 15.5. The molecule has 0 aliphatic carbocycles. The van der Waals surface area contributed by atoms with Crippen LogP contribution in [0.15, 0.2) is 76.3 Å². The van der Waals surface area contributed by atoms with Gasteiger partial charge in [0.25, 0.3) is 5.91 Å². The molecule has 2 aromatic carbocycles. The third-order valence-electron chi connectivity index (χ3n) is 4.56. The van der Waals surface area contributed by atoms with E-state index in [0.29, 0.717) is 5.16 Å². The summed E-state index contributed by atoms with van der Waals surface area (Å²) in [5.41, 5.74) is 6.80. The molecular formula is C23H21N5OS2. The molecule has 0 saturated heterocycles. The maximum atomic E-state index is 12.3. The highest BCUT2D eigenvalue weighted by molar-refractivity contribution is 7.99. The van der Waals surface area contributed by atoms with Gasteiger partial charge in [-0.3, -0.25) is 9.36 Å². The second kappa shape index (κ2) is 9.72. The summed E-state index contributed by atoms with van der Waals surface area (Å²) < 4.78 is 1.98.